The highest BCUT2D eigenvalue weighted by Crippen LogP contribution is 2.31. The molecule has 1 aromatic heterocycles. The molecule has 0 saturated heterocycles. The molecule has 1 aliphatic carbocycles. The van der Waals surface area contributed by atoms with Gasteiger partial charge in [0.05, 0.1) is 0 Å². The molecule has 0 radical (unpaired) electrons. The highest BCUT2D eigenvalue weighted by molar-refractivity contribution is 5.37. The Hall–Kier alpha value is -1.76. The topological polar surface area (TPSA) is 13.1 Å². The molecule has 21 heavy (non-hydrogen) atoms. The highest BCUT2D eigenvalue weighted by Gasteiger charge is 2.21. The first-order valence-electron chi connectivity index (χ1n) is 8.15. The fourth-order valence-corrected chi connectivity index (χ4v) is 3.37. The zero-order chi connectivity index (χ0) is 14.5. The molecule has 2 aromatic rings. The van der Waals surface area contributed by atoms with Crippen LogP contribution in [-0.4, -0.2) is 0 Å². The third-order valence-electron chi connectivity index (χ3n) is 4.43. The molecule has 0 unspecified atom stereocenters. The Labute approximate surface area is 127 Å². The Balaban J connectivity index is 1.69. The van der Waals surface area contributed by atoms with Crippen LogP contribution in [0.15, 0.2) is 47.4 Å². The van der Waals surface area contributed by atoms with Crippen molar-refractivity contribution in [2.24, 2.45) is 0 Å². The standard InChI is InChI=1S/C20H24O/c1-2-9-17-18-13-6-7-14-19(18)21-20(17)15-8-12-16-10-4-3-5-11-16/h2-5,10-11H,1,6-9,12-15H2. The van der Waals surface area contributed by atoms with E-state index in [0.717, 1.165) is 32.1 Å². The first-order valence-corrected chi connectivity index (χ1v) is 8.15. The summed E-state index contributed by atoms with van der Waals surface area (Å²) >= 11 is 0. The van der Waals surface area contributed by atoms with Gasteiger partial charge in [-0.25, -0.2) is 0 Å². The fourth-order valence-electron chi connectivity index (χ4n) is 3.37. The predicted octanol–water partition coefficient (Wildman–Crippen LogP) is 5.06. The summed E-state index contributed by atoms with van der Waals surface area (Å²) in [7, 11) is 0. The number of aryl methyl sites for hydroxylation is 3. The molecule has 1 aromatic carbocycles. The minimum Gasteiger partial charge on any atom is -0.465 e. The third kappa shape index (κ3) is 3.29. The lowest BCUT2D eigenvalue weighted by Gasteiger charge is -2.10. The van der Waals surface area contributed by atoms with Crippen LogP contribution in [0.25, 0.3) is 0 Å². The van der Waals surface area contributed by atoms with Gasteiger partial charge in [-0.05, 0) is 49.7 Å². The van der Waals surface area contributed by atoms with Crippen LogP contribution in [0.2, 0.25) is 0 Å². The van der Waals surface area contributed by atoms with Crippen LogP contribution < -0.4 is 0 Å². The van der Waals surface area contributed by atoms with Crippen molar-refractivity contribution in [2.45, 2.75) is 51.4 Å². The van der Waals surface area contributed by atoms with Crippen molar-refractivity contribution in [1.29, 1.82) is 0 Å². The van der Waals surface area contributed by atoms with Crippen molar-refractivity contribution in [1.82, 2.24) is 0 Å². The van der Waals surface area contributed by atoms with E-state index >= 15 is 0 Å². The Morgan fingerprint density at radius 3 is 2.67 bits per heavy atom. The number of allylic oxidation sites excluding steroid dienone is 1. The van der Waals surface area contributed by atoms with Gasteiger partial charge >= 0.3 is 0 Å². The van der Waals surface area contributed by atoms with E-state index in [1.807, 2.05) is 6.08 Å². The summed E-state index contributed by atoms with van der Waals surface area (Å²) in [4.78, 5) is 0. The molecule has 3 rings (SSSR count). The summed E-state index contributed by atoms with van der Waals surface area (Å²) in [6, 6.07) is 10.7. The molecule has 0 amide bonds. The number of hydrogen-bond donors (Lipinski definition) is 0. The molecule has 0 fully saturated rings. The average molecular weight is 280 g/mol. The van der Waals surface area contributed by atoms with E-state index in [1.165, 1.54) is 47.5 Å². The quantitative estimate of drug-likeness (QED) is 0.674. The Morgan fingerprint density at radius 1 is 1.05 bits per heavy atom. The second-order valence-corrected chi connectivity index (χ2v) is 5.94. The van der Waals surface area contributed by atoms with E-state index in [1.54, 1.807) is 0 Å². The van der Waals surface area contributed by atoms with Crippen molar-refractivity contribution in [3.8, 4) is 0 Å². The fraction of sp³-hybridized carbons (Fsp3) is 0.400. The molecule has 0 aliphatic heterocycles. The van der Waals surface area contributed by atoms with Gasteiger partial charge < -0.3 is 4.42 Å². The summed E-state index contributed by atoms with van der Waals surface area (Å²) in [5.74, 6) is 2.48. The number of hydrogen-bond acceptors (Lipinski definition) is 1. The maximum Gasteiger partial charge on any atom is 0.107 e. The van der Waals surface area contributed by atoms with Gasteiger partial charge in [-0.1, -0.05) is 36.4 Å². The highest BCUT2D eigenvalue weighted by atomic mass is 16.3. The van der Waals surface area contributed by atoms with Gasteiger partial charge in [0.2, 0.25) is 0 Å². The van der Waals surface area contributed by atoms with Crippen molar-refractivity contribution in [3.63, 3.8) is 0 Å². The van der Waals surface area contributed by atoms with Gasteiger partial charge in [-0.3, -0.25) is 0 Å². The number of fused-ring (bicyclic) bond motifs is 1. The molecule has 1 aliphatic rings. The lowest BCUT2D eigenvalue weighted by Crippen LogP contribution is -2.01. The lowest BCUT2D eigenvalue weighted by atomic mass is 9.92. The van der Waals surface area contributed by atoms with Gasteiger partial charge in [0.25, 0.3) is 0 Å². The summed E-state index contributed by atoms with van der Waals surface area (Å²) in [5.41, 5.74) is 4.35. The molecule has 0 bridgehead atoms. The molecule has 0 atom stereocenters. The van der Waals surface area contributed by atoms with Gasteiger partial charge in [0.15, 0.2) is 0 Å². The molecule has 0 N–H and O–H groups in total. The van der Waals surface area contributed by atoms with Gasteiger partial charge in [0, 0.05) is 18.4 Å². The average Bonchev–Trinajstić information content (AvgIpc) is 2.87. The zero-order valence-corrected chi connectivity index (χ0v) is 12.7. The second-order valence-electron chi connectivity index (χ2n) is 5.94. The summed E-state index contributed by atoms with van der Waals surface area (Å²) in [5, 5.41) is 0. The zero-order valence-electron chi connectivity index (χ0n) is 12.7. The van der Waals surface area contributed by atoms with Crippen molar-refractivity contribution >= 4 is 0 Å². The number of furan rings is 1. The van der Waals surface area contributed by atoms with E-state index in [0.29, 0.717) is 0 Å². The largest absolute Gasteiger partial charge is 0.465 e. The molecular weight excluding hydrogens is 256 g/mol. The second kappa shape index (κ2) is 6.80. The van der Waals surface area contributed by atoms with Crippen LogP contribution in [0.1, 0.15) is 47.5 Å². The van der Waals surface area contributed by atoms with Crippen LogP contribution >= 0.6 is 0 Å². The minimum atomic E-state index is 0.958. The van der Waals surface area contributed by atoms with Crippen LogP contribution in [0.4, 0.5) is 0 Å². The lowest BCUT2D eigenvalue weighted by molar-refractivity contribution is 0.439. The normalized spacial score (nSPS) is 13.9. The van der Waals surface area contributed by atoms with E-state index in [-0.39, 0.29) is 0 Å². The summed E-state index contributed by atoms with van der Waals surface area (Å²) < 4.78 is 6.18. The van der Waals surface area contributed by atoms with E-state index < -0.39 is 0 Å². The molecule has 1 heterocycles. The van der Waals surface area contributed by atoms with Crippen LogP contribution in [-0.2, 0) is 32.1 Å². The summed E-state index contributed by atoms with van der Waals surface area (Å²) in [6.45, 7) is 3.91. The SMILES string of the molecule is C=CCc1c(CCCc2ccccc2)oc2c1CCCC2. The maximum atomic E-state index is 6.18. The molecule has 0 spiro atoms. The van der Waals surface area contributed by atoms with E-state index in [4.69, 9.17) is 4.42 Å². The van der Waals surface area contributed by atoms with E-state index in [2.05, 4.69) is 36.9 Å². The Morgan fingerprint density at radius 2 is 1.86 bits per heavy atom. The van der Waals surface area contributed by atoms with Crippen LogP contribution in [0.5, 0.6) is 0 Å². The van der Waals surface area contributed by atoms with Gasteiger partial charge in [0.1, 0.15) is 11.5 Å². The first-order chi connectivity index (χ1) is 10.4. The molecule has 1 heteroatoms. The van der Waals surface area contributed by atoms with Crippen molar-refractivity contribution < 1.29 is 4.42 Å². The Kier molecular flexibility index (Phi) is 4.59. The molecule has 0 saturated carbocycles. The minimum absolute atomic E-state index is 0.958. The Bertz CT molecular complexity index is 592. The monoisotopic (exact) mass is 280 g/mol. The smallest absolute Gasteiger partial charge is 0.107 e. The third-order valence-corrected chi connectivity index (χ3v) is 4.43. The first kappa shape index (κ1) is 14.2. The number of benzene rings is 1. The summed E-state index contributed by atoms with van der Waals surface area (Å²) in [6.07, 6.45) is 11.2. The van der Waals surface area contributed by atoms with Gasteiger partial charge in [-0.15, -0.1) is 6.58 Å². The maximum absolute atomic E-state index is 6.18. The van der Waals surface area contributed by atoms with E-state index in [9.17, 15) is 0 Å². The molecule has 1 nitrogen and oxygen atoms in total. The predicted molar refractivity (Wildman–Crippen MR) is 87.7 cm³/mol. The van der Waals surface area contributed by atoms with Crippen molar-refractivity contribution in [3.05, 3.63) is 71.2 Å². The number of rotatable bonds is 6. The molecular formula is C20H24O. The molecule has 110 valence electrons. The van der Waals surface area contributed by atoms with Crippen LogP contribution in [0, 0.1) is 0 Å². The van der Waals surface area contributed by atoms with Gasteiger partial charge in [-0.2, -0.15) is 0 Å². The van der Waals surface area contributed by atoms with Crippen molar-refractivity contribution in [2.75, 3.05) is 0 Å². The van der Waals surface area contributed by atoms with Crippen LogP contribution in [0.3, 0.4) is 0 Å².